The van der Waals surface area contributed by atoms with E-state index in [4.69, 9.17) is 13.9 Å². The van der Waals surface area contributed by atoms with Crippen LogP contribution in [-0.4, -0.2) is 73.7 Å². The lowest BCUT2D eigenvalue weighted by atomic mass is 10.2. The van der Waals surface area contributed by atoms with E-state index in [2.05, 4.69) is 14.9 Å². The van der Waals surface area contributed by atoms with Gasteiger partial charge in [-0.05, 0) is 51.0 Å². The zero-order chi connectivity index (χ0) is 26.1. The van der Waals surface area contributed by atoms with Crippen molar-refractivity contribution in [2.45, 2.75) is 37.2 Å². The van der Waals surface area contributed by atoms with Gasteiger partial charge in [-0.1, -0.05) is 6.07 Å². The molecule has 2 aromatic heterocycles. The van der Waals surface area contributed by atoms with Gasteiger partial charge in [0.15, 0.2) is 5.76 Å². The summed E-state index contributed by atoms with van der Waals surface area (Å²) in [7, 11) is -4.72. The summed E-state index contributed by atoms with van der Waals surface area (Å²) in [6.45, 7) is 3.28. The van der Waals surface area contributed by atoms with Crippen LogP contribution in [0.1, 0.15) is 26.7 Å². The number of ether oxygens (including phenoxy) is 2. The van der Waals surface area contributed by atoms with Gasteiger partial charge in [-0.3, -0.25) is 9.29 Å². The number of para-hydroxylation sites is 1. The first-order valence-electron chi connectivity index (χ1n) is 11.3. The first-order chi connectivity index (χ1) is 17.1. The molecule has 196 valence electrons. The highest BCUT2D eigenvalue weighted by Gasteiger charge is 2.38. The lowest BCUT2D eigenvalue weighted by Gasteiger charge is -2.32. The summed E-state index contributed by atoms with van der Waals surface area (Å²) in [5.74, 6) is 1.21. The highest BCUT2D eigenvalue weighted by molar-refractivity contribution is 7.93. The first-order valence-corrected chi connectivity index (χ1v) is 14.4. The minimum atomic E-state index is -4.07. The third kappa shape index (κ3) is 4.80. The summed E-state index contributed by atoms with van der Waals surface area (Å²) in [6.07, 6.45) is 2.18. The van der Waals surface area contributed by atoms with Crippen molar-refractivity contribution >= 4 is 26.0 Å². The second-order valence-corrected chi connectivity index (χ2v) is 13.0. The van der Waals surface area contributed by atoms with Gasteiger partial charge in [-0.15, -0.1) is 10.2 Å². The lowest BCUT2D eigenvalue weighted by Crippen LogP contribution is -2.48. The summed E-state index contributed by atoms with van der Waals surface area (Å²) >= 11 is 0. The first kappa shape index (κ1) is 26.0. The van der Waals surface area contributed by atoms with Crippen LogP contribution in [0.5, 0.6) is 11.5 Å². The molecule has 1 saturated heterocycles. The number of methoxy groups -OCH3 is 2. The van der Waals surface area contributed by atoms with E-state index in [-0.39, 0.29) is 24.9 Å². The molecule has 3 aromatic rings. The van der Waals surface area contributed by atoms with E-state index in [9.17, 15) is 16.8 Å². The van der Waals surface area contributed by atoms with E-state index in [1.165, 1.54) is 29.4 Å². The summed E-state index contributed by atoms with van der Waals surface area (Å²) in [4.78, 5) is 0. The molecule has 4 rings (SSSR count). The predicted molar refractivity (Wildman–Crippen MR) is 133 cm³/mol. The standard InChI is InChI=1S/C22H29N5O7S2/c1-15(2)36(30,31)26-12-6-8-16(14-26)35(28,29)25-22-24-23-21(19-11-7-13-34-19)27(22)20-17(32-3)9-5-10-18(20)33-4/h5,7,9-11,13,15-16H,6,8,12,14H2,1-4H3,(H,24,25)/t16-/m0/s1. The van der Waals surface area contributed by atoms with Crippen LogP contribution >= 0.6 is 0 Å². The van der Waals surface area contributed by atoms with Crippen molar-refractivity contribution in [3.05, 3.63) is 36.6 Å². The van der Waals surface area contributed by atoms with Crippen LogP contribution < -0.4 is 14.2 Å². The molecule has 1 N–H and O–H groups in total. The van der Waals surface area contributed by atoms with Crippen molar-refractivity contribution in [2.24, 2.45) is 0 Å². The fourth-order valence-corrected chi connectivity index (χ4v) is 6.95. The van der Waals surface area contributed by atoms with Crippen molar-refractivity contribution in [3.8, 4) is 28.8 Å². The van der Waals surface area contributed by atoms with Crippen molar-refractivity contribution < 1.29 is 30.7 Å². The number of furan rings is 1. The van der Waals surface area contributed by atoms with Crippen molar-refractivity contribution in [1.82, 2.24) is 19.1 Å². The van der Waals surface area contributed by atoms with Gasteiger partial charge in [0.2, 0.25) is 31.8 Å². The Balaban J connectivity index is 1.77. The Labute approximate surface area is 210 Å². The van der Waals surface area contributed by atoms with E-state index in [0.717, 1.165) is 0 Å². The van der Waals surface area contributed by atoms with Gasteiger partial charge >= 0.3 is 0 Å². The number of sulfonamides is 2. The number of nitrogens with one attached hydrogen (secondary N) is 1. The third-order valence-corrected chi connectivity index (χ3v) is 9.97. The molecule has 1 aromatic carbocycles. The van der Waals surface area contributed by atoms with Crippen molar-refractivity contribution in [1.29, 1.82) is 0 Å². The van der Waals surface area contributed by atoms with Crippen molar-refractivity contribution in [3.63, 3.8) is 0 Å². The summed E-state index contributed by atoms with van der Waals surface area (Å²) in [6, 6.07) is 8.45. The molecule has 1 fully saturated rings. The minimum absolute atomic E-state index is 0.118. The number of hydrogen-bond acceptors (Lipinski definition) is 9. The van der Waals surface area contributed by atoms with E-state index in [0.29, 0.717) is 35.8 Å². The summed E-state index contributed by atoms with van der Waals surface area (Å²) in [5, 5.41) is 6.64. The van der Waals surface area contributed by atoms with E-state index >= 15 is 0 Å². The normalized spacial score (nSPS) is 17.3. The quantitative estimate of drug-likeness (QED) is 0.433. The van der Waals surface area contributed by atoms with Crippen molar-refractivity contribution in [2.75, 3.05) is 32.0 Å². The van der Waals surface area contributed by atoms with Crippen LogP contribution in [0.15, 0.2) is 41.0 Å². The van der Waals surface area contributed by atoms with Crippen LogP contribution in [0, 0.1) is 0 Å². The zero-order valence-corrected chi connectivity index (χ0v) is 22.0. The van der Waals surface area contributed by atoms with Gasteiger partial charge in [0.25, 0.3) is 0 Å². The number of nitrogens with zero attached hydrogens (tertiary/aromatic N) is 4. The maximum Gasteiger partial charge on any atom is 0.243 e. The number of rotatable bonds is 9. The number of benzene rings is 1. The Kier molecular flexibility index (Phi) is 7.29. The van der Waals surface area contributed by atoms with Gasteiger partial charge in [-0.2, -0.15) is 0 Å². The highest BCUT2D eigenvalue weighted by atomic mass is 32.2. The fourth-order valence-electron chi connectivity index (χ4n) is 4.08. The second-order valence-electron chi connectivity index (χ2n) is 8.53. The van der Waals surface area contributed by atoms with E-state index in [1.54, 1.807) is 44.2 Å². The predicted octanol–water partition coefficient (Wildman–Crippen LogP) is 2.49. The third-order valence-electron chi connectivity index (χ3n) is 6.00. The Hall–Kier alpha value is -3.10. The monoisotopic (exact) mass is 539 g/mol. The van der Waals surface area contributed by atoms with Crippen LogP contribution in [0.2, 0.25) is 0 Å². The number of aromatic nitrogens is 3. The zero-order valence-electron chi connectivity index (χ0n) is 20.4. The highest BCUT2D eigenvalue weighted by Crippen LogP contribution is 2.38. The van der Waals surface area contributed by atoms with Crippen LogP contribution in [-0.2, 0) is 20.0 Å². The van der Waals surface area contributed by atoms with Crippen LogP contribution in [0.25, 0.3) is 17.3 Å². The SMILES string of the molecule is COc1cccc(OC)c1-n1c(NS(=O)(=O)[C@H]2CCCN(S(=O)(=O)C(C)C)C2)nnc1-c1ccco1. The van der Waals surface area contributed by atoms with E-state index < -0.39 is 30.5 Å². The molecule has 14 heteroatoms. The maximum absolute atomic E-state index is 13.5. The Morgan fingerprint density at radius 2 is 1.75 bits per heavy atom. The number of hydrogen-bond donors (Lipinski definition) is 1. The molecule has 0 spiro atoms. The molecule has 0 bridgehead atoms. The molecule has 0 radical (unpaired) electrons. The average Bonchev–Trinajstić information content (AvgIpc) is 3.53. The van der Waals surface area contributed by atoms with Gasteiger partial charge in [0, 0.05) is 13.1 Å². The van der Waals surface area contributed by atoms with Gasteiger partial charge < -0.3 is 13.9 Å². The summed E-state index contributed by atoms with van der Waals surface area (Å²) in [5.41, 5.74) is 0.365. The molecule has 0 unspecified atom stereocenters. The molecule has 36 heavy (non-hydrogen) atoms. The molecule has 1 atom stereocenters. The summed E-state index contributed by atoms with van der Waals surface area (Å²) < 4.78 is 74.1. The topological polar surface area (TPSA) is 146 Å². The lowest BCUT2D eigenvalue weighted by molar-refractivity contribution is 0.343. The fraction of sp³-hybridized carbons (Fsp3) is 0.455. The van der Waals surface area contributed by atoms with Gasteiger partial charge in [-0.25, -0.2) is 21.1 Å². The molecule has 0 aliphatic carbocycles. The molecule has 3 heterocycles. The second kappa shape index (κ2) is 10.1. The Morgan fingerprint density at radius 3 is 2.33 bits per heavy atom. The minimum Gasteiger partial charge on any atom is -0.494 e. The smallest absolute Gasteiger partial charge is 0.243 e. The largest absolute Gasteiger partial charge is 0.494 e. The molecular weight excluding hydrogens is 510 g/mol. The van der Waals surface area contributed by atoms with Gasteiger partial charge in [0.05, 0.1) is 31.0 Å². The molecule has 0 amide bonds. The van der Waals surface area contributed by atoms with E-state index in [1.807, 2.05) is 0 Å². The van der Waals surface area contributed by atoms with Crippen LogP contribution in [0.4, 0.5) is 5.95 Å². The Bertz CT molecular complexity index is 1390. The molecule has 0 saturated carbocycles. The number of anilines is 1. The molecular formula is C22H29N5O7S2. The maximum atomic E-state index is 13.5. The molecule has 12 nitrogen and oxygen atoms in total. The molecule has 1 aliphatic rings. The molecule has 1 aliphatic heterocycles. The van der Waals surface area contributed by atoms with Crippen LogP contribution in [0.3, 0.4) is 0 Å². The van der Waals surface area contributed by atoms with Gasteiger partial charge in [0.1, 0.15) is 17.2 Å². The Morgan fingerprint density at radius 1 is 1.06 bits per heavy atom. The average molecular weight is 540 g/mol. The number of piperidine rings is 1.